The molecule has 2 aromatic carbocycles. The van der Waals surface area contributed by atoms with Gasteiger partial charge in [0, 0.05) is 68.6 Å². The SMILES string of the molecule is CC(C)n1cc(C(=O)Nc2ccc(Oc3ccnc(Nc4ccnc(N5CCN(S(C)(=O)=O)CC5)n4)c3)c(F)c2)c(=O)n(-c2ccc(F)cc2)c1=O. The van der Waals surface area contributed by atoms with Crippen LogP contribution in [0.25, 0.3) is 5.69 Å². The van der Waals surface area contributed by atoms with Crippen LogP contribution in [0.3, 0.4) is 0 Å². The fourth-order valence-electron chi connectivity index (χ4n) is 5.37. The van der Waals surface area contributed by atoms with E-state index in [0.717, 1.165) is 29.0 Å². The number of amides is 1. The summed E-state index contributed by atoms with van der Waals surface area (Å²) in [6, 6.07) is 12.6. The average molecular weight is 734 g/mol. The molecule has 0 spiro atoms. The lowest BCUT2D eigenvalue weighted by molar-refractivity contribution is 0.102. The first-order valence-electron chi connectivity index (χ1n) is 16.0. The summed E-state index contributed by atoms with van der Waals surface area (Å²) in [6.07, 6.45) is 5.33. The fourth-order valence-corrected chi connectivity index (χ4v) is 6.19. The summed E-state index contributed by atoms with van der Waals surface area (Å²) in [4.78, 5) is 54.7. The molecule has 6 rings (SSSR count). The lowest BCUT2D eigenvalue weighted by Gasteiger charge is -2.33. The van der Waals surface area contributed by atoms with Gasteiger partial charge < -0.3 is 20.3 Å². The maximum Gasteiger partial charge on any atom is 0.335 e. The highest BCUT2D eigenvalue weighted by Crippen LogP contribution is 2.29. The second-order valence-electron chi connectivity index (χ2n) is 12.0. The molecule has 0 atom stereocenters. The topological polar surface area (TPSA) is 174 Å². The van der Waals surface area contributed by atoms with E-state index in [0.29, 0.717) is 43.8 Å². The molecule has 0 aliphatic carbocycles. The predicted molar refractivity (Wildman–Crippen MR) is 189 cm³/mol. The smallest absolute Gasteiger partial charge is 0.335 e. The summed E-state index contributed by atoms with van der Waals surface area (Å²) in [5.41, 5.74) is -1.94. The van der Waals surface area contributed by atoms with Gasteiger partial charge in [0.1, 0.15) is 28.8 Å². The van der Waals surface area contributed by atoms with Crippen molar-refractivity contribution < 1.29 is 26.7 Å². The Balaban J connectivity index is 1.15. The number of hydrogen-bond acceptors (Lipinski definition) is 11. The van der Waals surface area contributed by atoms with Crippen molar-refractivity contribution in [2.75, 3.05) is 48.0 Å². The summed E-state index contributed by atoms with van der Waals surface area (Å²) in [5, 5.41) is 5.55. The standard InChI is InChI=1S/C34H33F2N9O6S/c1-21(2)44-20-26(32(47)45(34(44)48)24-7-4-22(35)5-8-24)31(46)39-23-6-9-28(27(36)18-23)51-25-10-12-37-30(19-25)40-29-11-13-38-33(41-29)42-14-16-43(17-15-42)52(3,49)50/h4-13,18-21H,14-17H2,1-3H3,(H,39,46)(H,37,38,40,41). The summed E-state index contributed by atoms with van der Waals surface area (Å²) in [7, 11) is -3.28. The highest BCUT2D eigenvalue weighted by Gasteiger charge is 2.25. The molecule has 1 aliphatic rings. The molecule has 2 N–H and O–H groups in total. The van der Waals surface area contributed by atoms with Gasteiger partial charge in [-0.15, -0.1) is 0 Å². The Labute approximate surface area is 296 Å². The number of rotatable bonds is 10. The van der Waals surface area contributed by atoms with Crippen molar-refractivity contribution in [3.63, 3.8) is 0 Å². The number of piperazine rings is 1. The van der Waals surface area contributed by atoms with Crippen LogP contribution in [0.15, 0.2) is 88.8 Å². The largest absolute Gasteiger partial charge is 0.454 e. The van der Waals surface area contributed by atoms with Crippen LogP contribution in [0.2, 0.25) is 0 Å². The fraction of sp³-hybridized carbons (Fsp3) is 0.235. The van der Waals surface area contributed by atoms with Crippen molar-refractivity contribution in [2.45, 2.75) is 19.9 Å². The molecular formula is C34H33F2N9O6S. The Morgan fingerprint density at radius 2 is 1.62 bits per heavy atom. The molecule has 1 aliphatic heterocycles. The molecule has 15 nitrogen and oxygen atoms in total. The number of sulfonamides is 1. The first-order chi connectivity index (χ1) is 24.8. The Morgan fingerprint density at radius 1 is 0.904 bits per heavy atom. The van der Waals surface area contributed by atoms with Gasteiger partial charge >= 0.3 is 5.69 Å². The van der Waals surface area contributed by atoms with Gasteiger partial charge in [0.05, 0.1) is 11.9 Å². The number of ether oxygens (including phenoxy) is 1. The molecule has 1 saturated heterocycles. The van der Waals surface area contributed by atoms with E-state index >= 15 is 4.39 Å². The third-order valence-electron chi connectivity index (χ3n) is 8.04. The van der Waals surface area contributed by atoms with Gasteiger partial charge in [-0.25, -0.2) is 36.5 Å². The lowest BCUT2D eigenvalue weighted by Crippen LogP contribution is -2.48. The number of carbonyl (C=O) groups is 1. The number of carbonyl (C=O) groups excluding carboxylic acids is 1. The lowest BCUT2D eigenvalue weighted by atomic mass is 10.2. The molecular weight excluding hydrogens is 700 g/mol. The number of anilines is 4. The van der Waals surface area contributed by atoms with Crippen LogP contribution >= 0.6 is 0 Å². The van der Waals surface area contributed by atoms with Crippen LogP contribution in [0, 0.1) is 11.6 Å². The van der Waals surface area contributed by atoms with Crippen molar-refractivity contribution in [2.24, 2.45) is 0 Å². The second kappa shape index (κ2) is 14.7. The normalized spacial score (nSPS) is 13.6. The van der Waals surface area contributed by atoms with E-state index in [4.69, 9.17) is 4.74 Å². The molecule has 5 aromatic rings. The molecule has 52 heavy (non-hydrogen) atoms. The summed E-state index contributed by atoms with van der Waals surface area (Å²) >= 11 is 0. The zero-order valence-electron chi connectivity index (χ0n) is 28.2. The van der Waals surface area contributed by atoms with Crippen LogP contribution in [-0.4, -0.2) is 75.2 Å². The van der Waals surface area contributed by atoms with Gasteiger partial charge in [0.15, 0.2) is 11.6 Å². The van der Waals surface area contributed by atoms with E-state index in [2.05, 4.69) is 25.6 Å². The number of benzene rings is 2. The summed E-state index contributed by atoms with van der Waals surface area (Å²) in [6.45, 7) is 4.88. The number of pyridine rings is 1. The second-order valence-corrected chi connectivity index (χ2v) is 14.0. The van der Waals surface area contributed by atoms with E-state index < -0.39 is 44.9 Å². The zero-order valence-corrected chi connectivity index (χ0v) is 29.0. The number of hydrogen-bond donors (Lipinski definition) is 2. The predicted octanol–water partition coefficient (Wildman–Crippen LogP) is 3.91. The minimum atomic E-state index is -3.28. The third-order valence-corrected chi connectivity index (χ3v) is 9.34. The minimum absolute atomic E-state index is 0.0132. The number of halogens is 2. The van der Waals surface area contributed by atoms with Gasteiger partial charge in [-0.05, 0) is 62.4 Å². The third kappa shape index (κ3) is 7.97. The zero-order chi connectivity index (χ0) is 37.2. The Hall–Kier alpha value is -6.01. The van der Waals surface area contributed by atoms with E-state index in [9.17, 15) is 27.2 Å². The molecule has 18 heteroatoms. The molecule has 0 saturated carbocycles. The monoisotopic (exact) mass is 733 g/mol. The van der Waals surface area contributed by atoms with E-state index in [1.165, 1.54) is 57.7 Å². The van der Waals surface area contributed by atoms with Crippen LogP contribution < -0.4 is 31.5 Å². The van der Waals surface area contributed by atoms with Crippen molar-refractivity contribution >= 4 is 39.2 Å². The average Bonchev–Trinajstić information content (AvgIpc) is 3.10. The highest BCUT2D eigenvalue weighted by atomic mass is 32.2. The van der Waals surface area contributed by atoms with Gasteiger partial charge in [0.25, 0.3) is 11.5 Å². The van der Waals surface area contributed by atoms with E-state index in [-0.39, 0.29) is 28.4 Å². The van der Waals surface area contributed by atoms with Crippen LogP contribution in [0.4, 0.5) is 32.1 Å². The molecule has 1 fully saturated rings. The number of nitrogens with one attached hydrogen (secondary N) is 2. The van der Waals surface area contributed by atoms with E-state index in [1.807, 2.05) is 4.90 Å². The van der Waals surface area contributed by atoms with Crippen molar-refractivity contribution in [1.29, 1.82) is 0 Å². The Morgan fingerprint density at radius 3 is 2.29 bits per heavy atom. The molecule has 4 heterocycles. The molecule has 3 aromatic heterocycles. The van der Waals surface area contributed by atoms with Gasteiger partial charge in [-0.2, -0.15) is 9.29 Å². The Kier molecular flexibility index (Phi) is 10.1. The first-order valence-corrected chi connectivity index (χ1v) is 17.8. The van der Waals surface area contributed by atoms with Crippen LogP contribution in [0.5, 0.6) is 11.5 Å². The van der Waals surface area contributed by atoms with Crippen LogP contribution in [0.1, 0.15) is 30.2 Å². The van der Waals surface area contributed by atoms with Crippen molar-refractivity contribution in [1.82, 2.24) is 28.4 Å². The maximum atomic E-state index is 15.3. The van der Waals surface area contributed by atoms with Crippen molar-refractivity contribution in [3.8, 4) is 17.2 Å². The van der Waals surface area contributed by atoms with Gasteiger partial charge in [-0.1, -0.05) is 0 Å². The first kappa shape index (κ1) is 35.8. The quantitative estimate of drug-likeness (QED) is 0.213. The summed E-state index contributed by atoms with van der Waals surface area (Å²) < 4.78 is 61.6. The van der Waals surface area contributed by atoms with Crippen molar-refractivity contribution in [3.05, 3.63) is 117 Å². The van der Waals surface area contributed by atoms with Gasteiger partial charge in [-0.3, -0.25) is 14.2 Å². The van der Waals surface area contributed by atoms with E-state index in [1.54, 1.807) is 26.1 Å². The molecule has 1 amide bonds. The molecule has 270 valence electrons. The molecule has 0 unspecified atom stereocenters. The molecule has 0 bridgehead atoms. The number of nitrogens with zero attached hydrogens (tertiary/aromatic N) is 7. The Bertz CT molecular complexity index is 2360. The summed E-state index contributed by atoms with van der Waals surface area (Å²) in [5.74, 6) is -1.05. The van der Waals surface area contributed by atoms with Gasteiger partial charge in [0.2, 0.25) is 16.0 Å². The van der Waals surface area contributed by atoms with Crippen LogP contribution in [-0.2, 0) is 10.0 Å². The maximum absolute atomic E-state index is 15.3. The number of aromatic nitrogens is 5. The molecule has 0 radical (unpaired) electrons. The highest BCUT2D eigenvalue weighted by molar-refractivity contribution is 7.88. The minimum Gasteiger partial charge on any atom is -0.454 e.